The van der Waals surface area contributed by atoms with Crippen LogP contribution in [-0.2, 0) is 6.18 Å². The van der Waals surface area contributed by atoms with Crippen molar-refractivity contribution in [2.75, 3.05) is 25.1 Å². The third-order valence-electron chi connectivity index (χ3n) is 3.72. The Kier molecular flexibility index (Phi) is 4.66. The molecule has 1 saturated heterocycles. The Balaban J connectivity index is 2.24. The molecule has 0 saturated carbocycles. The van der Waals surface area contributed by atoms with Crippen molar-refractivity contribution in [3.63, 3.8) is 0 Å². The van der Waals surface area contributed by atoms with E-state index in [-0.39, 0.29) is 6.04 Å². The van der Waals surface area contributed by atoms with Crippen LogP contribution in [0.3, 0.4) is 0 Å². The highest BCUT2D eigenvalue weighted by atomic mass is 32.2. The van der Waals surface area contributed by atoms with E-state index in [0.717, 1.165) is 30.2 Å². The maximum Gasteiger partial charge on any atom is 0.416 e. The Morgan fingerprint density at radius 1 is 1.40 bits per heavy atom. The van der Waals surface area contributed by atoms with Crippen molar-refractivity contribution in [2.45, 2.75) is 25.2 Å². The van der Waals surface area contributed by atoms with Gasteiger partial charge in [-0.15, -0.1) is 0 Å². The second kappa shape index (κ2) is 5.95. The summed E-state index contributed by atoms with van der Waals surface area (Å²) in [5.41, 5.74) is 0.394. The van der Waals surface area contributed by atoms with Crippen LogP contribution in [0.15, 0.2) is 18.2 Å². The lowest BCUT2D eigenvalue weighted by Gasteiger charge is -2.36. The van der Waals surface area contributed by atoms with Gasteiger partial charge in [0.1, 0.15) is 0 Å². The summed E-state index contributed by atoms with van der Waals surface area (Å²) in [5, 5.41) is 10.5. The first-order chi connectivity index (χ1) is 9.30. The van der Waals surface area contributed by atoms with Crippen molar-refractivity contribution in [3.8, 4) is 0 Å². The van der Waals surface area contributed by atoms with Crippen LogP contribution < -0.4 is 0 Å². The quantitative estimate of drug-likeness (QED) is 0.908. The molecule has 1 aliphatic rings. The molecule has 1 fully saturated rings. The first-order valence-corrected chi connectivity index (χ1v) is 7.60. The highest BCUT2D eigenvalue weighted by Gasteiger charge is 2.33. The zero-order valence-corrected chi connectivity index (χ0v) is 12.3. The molecule has 0 radical (unpaired) electrons. The lowest BCUT2D eigenvalue weighted by Crippen LogP contribution is -2.43. The number of aliphatic hydroxyl groups is 1. The van der Waals surface area contributed by atoms with E-state index >= 15 is 0 Å². The monoisotopic (exact) mass is 305 g/mol. The minimum atomic E-state index is -4.34. The van der Waals surface area contributed by atoms with Gasteiger partial charge in [-0.05, 0) is 37.2 Å². The molecule has 20 heavy (non-hydrogen) atoms. The van der Waals surface area contributed by atoms with E-state index in [0.29, 0.717) is 11.1 Å². The number of thioether (sulfide) groups is 1. The molecule has 1 N–H and O–H groups in total. The van der Waals surface area contributed by atoms with Crippen LogP contribution in [0.2, 0.25) is 0 Å². The van der Waals surface area contributed by atoms with Gasteiger partial charge >= 0.3 is 6.18 Å². The van der Waals surface area contributed by atoms with Crippen LogP contribution in [-0.4, -0.2) is 41.1 Å². The third kappa shape index (κ3) is 3.30. The molecule has 1 aromatic carbocycles. The SMILES string of the molecule is Cc1cc(C(F)(F)F)ccc1C(O)C1CSCCN1C. The summed E-state index contributed by atoms with van der Waals surface area (Å²) in [6, 6.07) is 3.50. The van der Waals surface area contributed by atoms with E-state index in [1.165, 1.54) is 6.07 Å². The molecule has 0 bridgehead atoms. The van der Waals surface area contributed by atoms with Crippen LogP contribution in [0.1, 0.15) is 22.8 Å². The number of hydrogen-bond donors (Lipinski definition) is 1. The zero-order valence-electron chi connectivity index (χ0n) is 11.4. The van der Waals surface area contributed by atoms with E-state index in [9.17, 15) is 18.3 Å². The van der Waals surface area contributed by atoms with Crippen LogP contribution in [0.4, 0.5) is 13.2 Å². The highest BCUT2D eigenvalue weighted by Crippen LogP contribution is 2.33. The molecule has 1 heterocycles. The molecular formula is C14H18F3NOS. The molecule has 2 unspecified atom stereocenters. The predicted molar refractivity (Wildman–Crippen MR) is 74.9 cm³/mol. The number of likely N-dealkylation sites (N-methyl/N-ethyl adjacent to an activating group) is 1. The molecule has 0 aliphatic carbocycles. The molecule has 6 heteroatoms. The molecule has 0 spiro atoms. The van der Waals surface area contributed by atoms with Crippen molar-refractivity contribution in [1.82, 2.24) is 4.90 Å². The molecule has 1 aliphatic heterocycles. The van der Waals surface area contributed by atoms with Gasteiger partial charge in [0.05, 0.1) is 11.7 Å². The second-order valence-corrected chi connectivity index (χ2v) is 6.29. The zero-order chi connectivity index (χ0) is 14.9. The normalized spacial score (nSPS) is 22.8. The molecule has 1 aromatic rings. The summed E-state index contributed by atoms with van der Waals surface area (Å²) in [4.78, 5) is 2.07. The highest BCUT2D eigenvalue weighted by molar-refractivity contribution is 7.99. The number of rotatable bonds is 2. The molecule has 2 nitrogen and oxygen atoms in total. The van der Waals surface area contributed by atoms with Crippen molar-refractivity contribution in [2.24, 2.45) is 0 Å². The Morgan fingerprint density at radius 2 is 2.10 bits per heavy atom. The molecule has 2 rings (SSSR count). The largest absolute Gasteiger partial charge is 0.416 e. The van der Waals surface area contributed by atoms with Gasteiger partial charge in [-0.2, -0.15) is 24.9 Å². The van der Waals surface area contributed by atoms with Gasteiger partial charge in [0.2, 0.25) is 0 Å². The minimum Gasteiger partial charge on any atom is -0.387 e. The van der Waals surface area contributed by atoms with Gasteiger partial charge in [-0.1, -0.05) is 6.07 Å². The lowest BCUT2D eigenvalue weighted by atomic mass is 9.96. The summed E-state index contributed by atoms with van der Waals surface area (Å²) >= 11 is 1.76. The molecular weight excluding hydrogens is 287 g/mol. The third-order valence-corrected chi connectivity index (χ3v) is 4.77. The Hall–Kier alpha value is -0.720. The number of aliphatic hydroxyl groups excluding tert-OH is 1. The Morgan fingerprint density at radius 3 is 2.65 bits per heavy atom. The van der Waals surface area contributed by atoms with Gasteiger partial charge in [-0.25, -0.2) is 0 Å². The first kappa shape index (κ1) is 15.7. The fraction of sp³-hybridized carbons (Fsp3) is 0.571. The van der Waals surface area contributed by atoms with Gasteiger partial charge in [0, 0.05) is 24.1 Å². The van der Waals surface area contributed by atoms with Crippen LogP contribution >= 0.6 is 11.8 Å². The Labute approximate surface area is 121 Å². The Bertz CT molecular complexity index is 478. The predicted octanol–water partition coefficient (Wildman–Crippen LogP) is 3.09. The average Bonchev–Trinajstić information content (AvgIpc) is 2.37. The van der Waals surface area contributed by atoms with Crippen LogP contribution in [0.25, 0.3) is 0 Å². The van der Waals surface area contributed by atoms with E-state index < -0.39 is 17.8 Å². The fourth-order valence-corrected chi connectivity index (χ4v) is 3.69. The second-order valence-electron chi connectivity index (χ2n) is 5.14. The number of aryl methyl sites for hydroxylation is 1. The summed E-state index contributed by atoms with van der Waals surface area (Å²) in [6.07, 6.45) is -5.10. The fourth-order valence-electron chi connectivity index (χ4n) is 2.43. The maximum absolute atomic E-state index is 12.6. The van der Waals surface area contributed by atoms with E-state index in [4.69, 9.17) is 0 Å². The number of hydrogen-bond acceptors (Lipinski definition) is 3. The van der Waals surface area contributed by atoms with Crippen molar-refractivity contribution >= 4 is 11.8 Å². The van der Waals surface area contributed by atoms with Crippen molar-refractivity contribution < 1.29 is 18.3 Å². The topological polar surface area (TPSA) is 23.5 Å². The van der Waals surface area contributed by atoms with Gasteiger partial charge in [-0.3, -0.25) is 4.90 Å². The summed E-state index contributed by atoms with van der Waals surface area (Å²) < 4.78 is 37.9. The smallest absolute Gasteiger partial charge is 0.387 e. The van der Waals surface area contributed by atoms with E-state index in [1.807, 2.05) is 7.05 Å². The summed E-state index contributed by atoms with van der Waals surface area (Å²) in [5.74, 6) is 1.81. The molecule has 112 valence electrons. The number of benzene rings is 1. The molecule has 0 amide bonds. The lowest BCUT2D eigenvalue weighted by molar-refractivity contribution is -0.137. The molecule has 2 atom stereocenters. The minimum absolute atomic E-state index is 0.0517. The first-order valence-electron chi connectivity index (χ1n) is 6.44. The van der Waals surface area contributed by atoms with Gasteiger partial charge in [0.25, 0.3) is 0 Å². The van der Waals surface area contributed by atoms with Crippen LogP contribution in [0, 0.1) is 6.92 Å². The van der Waals surface area contributed by atoms with E-state index in [2.05, 4.69) is 4.90 Å². The van der Waals surface area contributed by atoms with Gasteiger partial charge < -0.3 is 5.11 Å². The number of alkyl halides is 3. The van der Waals surface area contributed by atoms with Gasteiger partial charge in [0.15, 0.2) is 0 Å². The molecule has 0 aromatic heterocycles. The van der Waals surface area contributed by atoms with Crippen LogP contribution in [0.5, 0.6) is 0 Å². The average molecular weight is 305 g/mol. The standard InChI is InChI=1S/C14H18F3NOS/c1-9-7-10(14(15,16)17)3-4-11(9)13(19)12-8-20-6-5-18(12)2/h3-4,7,12-13,19H,5-6,8H2,1-2H3. The number of halogens is 3. The van der Waals surface area contributed by atoms with E-state index in [1.54, 1.807) is 18.7 Å². The van der Waals surface area contributed by atoms with Crippen molar-refractivity contribution in [3.05, 3.63) is 34.9 Å². The summed E-state index contributed by atoms with van der Waals surface area (Å²) in [7, 11) is 1.94. The van der Waals surface area contributed by atoms with Crippen molar-refractivity contribution in [1.29, 1.82) is 0 Å². The maximum atomic E-state index is 12.6. The number of nitrogens with zero attached hydrogens (tertiary/aromatic N) is 1. The summed E-state index contributed by atoms with van der Waals surface area (Å²) in [6.45, 7) is 2.50.